The van der Waals surface area contributed by atoms with Crippen LogP contribution in [0.5, 0.6) is 0 Å². The van der Waals surface area contributed by atoms with Gasteiger partial charge in [0.15, 0.2) is 0 Å². The van der Waals surface area contributed by atoms with Crippen LogP contribution >= 0.6 is 0 Å². The van der Waals surface area contributed by atoms with Crippen molar-refractivity contribution in [3.8, 4) is 0 Å². The van der Waals surface area contributed by atoms with Crippen molar-refractivity contribution in [2.24, 2.45) is 5.92 Å². The van der Waals surface area contributed by atoms with Crippen LogP contribution in [0.25, 0.3) is 0 Å². The first-order valence-corrected chi connectivity index (χ1v) is 7.29. The second-order valence-corrected chi connectivity index (χ2v) is 5.52. The molecular weight excluding hydrogens is 212 g/mol. The number of nitrogens with one attached hydrogen (secondary N) is 1. The van der Waals surface area contributed by atoms with E-state index in [2.05, 4.69) is 31.0 Å². The average molecular weight is 242 g/mol. The predicted molar refractivity (Wildman–Crippen MR) is 73.2 cm³/mol. The second-order valence-electron chi connectivity index (χ2n) is 5.52. The van der Waals surface area contributed by atoms with Gasteiger partial charge in [0.1, 0.15) is 0 Å². The lowest BCUT2D eigenvalue weighted by atomic mass is 9.87. The van der Waals surface area contributed by atoms with E-state index in [0.717, 1.165) is 32.1 Å². The minimum Gasteiger partial charge on any atom is -0.390 e. The second kappa shape index (κ2) is 8.06. The Bertz CT molecular complexity index is 195. The lowest BCUT2D eigenvalue weighted by molar-refractivity contribution is 0.110. The number of nitrogens with zero attached hydrogens (tertiary/aromatic N) is 1. The summed E-state index contributed by atoms with van der Waals surface area (Å²) in [7, 11) is 0. The maximum atomic E-state index is 9.97. The van der Waals surface area contributed by atoms with Gasteiger partial charge in [-0.2, -0.15) is 0 Å². The van der Waals surface area contributed by atoms with Gasteiger partial charge in [0.2, 0.25) is 0 Å². The number of hydrogen-bond donors (Lipinski definition) is 2. The van der Waals surface area contributed by atoms with E-state index in [1.807, 2.05) is 0 Å². The fourth-order valence-corrected chi connectivity index (χ4v) is 2.77. The van der Waals surface area contributed by atoms with Gasteiger partial charge in [-0.05, 0) is 31.8 Å². The van der Waals surface area contributed by atoms with Crippen molar-refractivity contribution in [2.45, 2.75) is 58.6 Å². The Hall–Kier alpha value is -0.120. The molecule has 1 fully saturated rings. The third kappa shape index (κ3) is 5.84. The molecule has 0 saturated heterocycles. The summed E-state index contributed by atoms with van der Waals surface area (Å²) in [5.74, 6) is 0.848. The molecule has 0 amide bonds. The highest BCUT2D eigenvalue weighted by Gasteiger charge is 2.19. The molecule has 1 rings (SSSR count). The molecule has 0 aromatic carbocycles. The summed E-state index contributed by atoms with van der Waals surface area (Å²) in [4.78, 5) is 2.27. The van der Waals surface area contributed by atoms with Crippen molar-refractivity contribution in [2.75, 3.05) is 26.2 Å². The van der Waals surface area contributed by atoms with Gasteiger partial charge < -0.3 is 15.3 Å². The minimum absolute atomic E-state index is 0.230. The van der Waals surface area contributed by atoms with Crippen LogP contribution in [0.3, 0.4) is 0 Å². The van der Waals surface area contributed by atoms with Gasteiger partial charge >= 0.3 is 0 Å². The molecule has 0 bridgehead atoms. The van der Waals surface area contributed by atoms with E-state index in [4.69, 9.17) is 0 Å². The van der Waals surface area contributed by atoms with Gasteiger partial charge in [-0.3, -0.25) is 0 Å². The summed E-state index contributed by atoms with van der Waals surface area (Å²) in [6.45, 7) is 10.2. The fourth-order valence-electron chi connectivity index (χ4n) is 2.77. The van der Waals surface area contributed by atoms with E-state index in [1.54, 1.807) is 0 Å². The first kappa shape index (κ1) is 14.9. The fraction of sp³-hybridized carbons (Fsp3) is 1.00. The Labute approximate surface area is 107 Å². The lowest BCUT2D eigenvalue weighted by Gasteiger charge is -2.29. The molecular formula is C14H30N2O. The van der Waals surface area contributed by atoms with Gasteiger partial charge in [0.05, 0.1) is 6.10 Å². The third-order valence-electron chi connectivity index (χ3n) is 3.94. The van der Waals surface area contributed by atoms with Gasteiger partial charge in [-0.25, -0.2) is 0 Å². The molecule has 0 aromatic rings. The molecule has 0 heterocycles. The Balaban J connectivity index is 2.16. The van der Waals surface area contributed by atoms with Crippen molar-refractivity contribution in [1.82, 2.24) is 10.2 Å². The molecule has 3 nitrogen and oxygen atoms in total. The average Bonchev–Trinajstić information content (AvgIpc) is 2.33. The number of likely N-dealkylation sites (N-methyl/N-ethyl adjacent to an activating group) is 1. The maximum Gasteiger partial charge on any atom is 0.0791 e. The van der Waals surface area contributed by atoms with Crippen molar-refractivity contribution in [1.29, 1.82) is 0 Å². The smallest absolute Gasteiger partial charge is 0.0791 e. The van der Waals surface area contributed by atoms with Crippen molar-refractivity contribution in [3.63, 3.8) is 0 Å². The normalized spacial score (nSPS) is 27.4. The Morgan fingerprint density at radius 1 is 1.29 bits per heavy atom. The van der Waals surface area contributed by atoms with Crippen LogP contribution < -0.4 is 5.32 Å². The van der Waals surface area contributed by atoms with Crippen LogP contribution in [0.4, 0.5) is 0 Å². The lowest BCUT2D eigenvalue weighted by Crippen LogP contribution is -2.42. The predicted octanol–water partition coefficient (Wildman–Crippen LogP) is 1.86. The molecule has 2 N–H and O–H groups in total. The summed E-state index contributed by atoms with van der Waals surface area (Å²) in [5.41, 5.74) is 0. The molecule has 0 aromatic heterocycles. The molecule has 3 unspecified atom stereocenters. The van der Waals surface area contributed by atoms with E-state index in [9.17, 15) is 5.11 Å². The van der Waals surface area contributed by atoms with E-state index in [1.165, 1.54) is 25.7 Å². The SMILES string of the molecule is CCN(CC)CC(O)CNC1CCCC(C)C1. The van der Waals surface area contributed by atoms with Crippen LogP contribution in [0.2, 0.25) is 0 Å². The zero-order chi connectivity index (χ0) is 12.7. The van der Waals surface area contributed by atoms with E-state index in [-0.39, 0.29) is 6.10 Å². The van der Waals surface area contributed by atoms with Crippen LogP contribution in [0, 0.1) is 5.92 Å². The highest BCUT2D eigenvalue weighted by molar-refractivity contribution is 4.77. The number of rotatable bonds is 7. The van der Waals surface area contributed by atoms with Gasteiger partial charge in [0.25, 0.3) is 0 Å². The van der Waals surface area contributed by atoms with Crippen molar-refractivity contribution >= 4 is 0 Å². The molecule has 1 saturated carbocycles. The minimum atomic E-state index is -0.230. The molecule has 3 atom stereocenters. The van der Waals surface area contributed by atoms with Crippen LogP contribution in [-0.4, -0.2) is 48.3 Å². The largest absolute Gasteiger partial charge is 0.390 e. The molecule has 1 aliphatic carbocycles. The number of aliphatic hydroxyl groups is 1. The molecule has 3 heteroatoms. The molecule has 0 radical (unpaired) electrons. The molecule has 17 heavy (non-hydrogen) atoms. The van der Waals surface area contributed by atoms with Crippen LogP contribution in [-0.2, 0) is 0 Å². The van der Waals surface area contributed by atoms with Crippen molar-refractivity contribution < 1.29 is 5.11 Å². The molecule has 0 aliphatic heterocycles. The summed E-state index contributed by atoms with van der Waals surface area (Å²) >= 11 is 0. The van der Waals surface area contributed by atoms with Crippen LogP contribution in [0.1, 0.15) is 46.5 Å². The zero-order valence-electron chi connectivity index (χ0n) is 11.8. The van der Waals surface area contributed by atoms with E-state index in [0.29, 0.717) is 6.04 Å². The molecule has 102 valence electrons. The summed E-state index contributed by atoms with van der Waals surface area (Å²) in [6, 6.07) is 0.630. The Kier molecular flexibility index (Phi) is 7.09. The quantitative estimate of drug-likeness (QED) is 0.715. The molecule has 0 spiro atoms. The first-order valence-electron chi connectivity index (χ1n) is 7.29. The highest BCUT2D eigenvalue weighted by Crippen LogP contribution is 2.23. The number of aliphatic hydroxyl groups excluding tert-OH is 1. The highest BCUT2D eigenvalue weighted by atomic mass is 16.3. The maximum absolute atomic E-state index is 9.97. The van der Waals surface area contributed by atoms with E-state index >= 15 is 0 Å². The van der Waals surface area contributed by atoms with Crippen LogP contribution in [0.15, 0.2) is 0 Å². The summed E-state index contributed by atoms with van der Waals surface area (Å²) in [6.07, 6.45) is 5.04. The van der Waals surface area contributed by atoms with Gasteiger partial charge in [0, 0.05) is 19.1 Å². The van der Waals surface area contributed by atoms with Gasteiger partial charge in [-0.1, -0.05) is 33.6 Å². The Morgan fingerprint density at radius 3 is 2.59 bits per heavy atom. The monoisotopic (exact) mass is 242 g/mol. The first-order chi connectivity index (χ1) is 8.15. The summed E-state index contributed by atoms with van der Waals surface area (Å²) in [5, 5.41) is 13.5. The molecule has 1 aliphatic rings. The van der Waals surface area contributed by atoms with E-state index < -0.39 is 0 Å². The summed E-state index contributed by atoms with van der Waals surface area (Å²) < 4.78 is 0. The zero-order valence-corrected chi connectivity index (χ0v) is 11.8. The van der Waals surface area contributed by atoms with Crippen molar-refractivity contribution in [3.05, 3.63) is 0 Å². The van der Waals surface area contributed by atoms with Gasteiger partial charge in [-0.15, -0.1) is 0 Å². The Morgan fingerprint density at radius 2 is 2.00 bits per heavy atom. The third-order valence-corrected chi connectivity index (χ3v) is 3.94. The standard InChI is InChI=1S/C14H30N2O/c1-4-16(5-2)11-14(17)10-15-13-8-6-7-12(3)9-13/h12-15,17H,4-11H2,1-3H3. The number of hydrogen-bond acceptors (Lipinski definition) is 3. The topological polar surface area (TPSA) is 35.5 Å².